The summed E-state index contributed by atoms with van der Waals surface area (Å²) >= 11 is 0. The highest BCUT2D eigenvalue weighted by atomic mass is 16.4. The molecule has 0 aromatic heterocycles. The van der Waals surface area contributed by atoms with E-state index in [9.17, 15) is 9.59 Å². The molecule has 0 saturated heterocycles. The van der Waals surface area contributed by atoms with Gasteiger partial charge in [-0.15, -0.1) is 0 Å². The lowest BCUT2D eigenvalue weighted by molar-refractivity contribution is 0.0694. The molecule has 70 valence electrons. The molecule has 0 bridgehead atoms. The quantitative estimate of drug-likeness (QED) is 0.673. The Kier molecular flexibility index (Phi) is 2.49. The van der Waals surface area contributed by atoms with E-state index in [1.807, 2.05) is 0 Å². The van der Waals surface area contributed by atoms with Gasteiger partial charge in [-0.05, 0) is 12.1 Å². The Morgan fingerprint density at radius 2 is 2.14 bits per heavy atom. The van der Waals surface area contributed by atoms with Gasteiger partial charge in [0.2, 0.25) is 0 Å². The maximum absolute atomic E-state index is 10.6. The maximum Gasteiger partial charge on any atom is 0.336 e. The molecular formula is C9H5NO4. The van der Waals surface area contributed by atoms with Gasteiger partial charge in [0, 0.05) is 5.56 Å². The summed E-state index contributed by atoms with van der Waals surface area (Å²) in [6.45, 7) is 0. The molecule has 1 rings (SSSR count). The van der Waals surface area contributed by atoms with Crippen molar-refractivity contribution in [3.8, 4) is 11.8 Å². The number of aromatic hydroxyl groups is 1. The predicted molar refractivity (Wildman–Crippen MR) is 45.2 cm³/mol. The molecule has 1 aromatic carbocycles. The van der Waals surface area contributed by atoms with Gasteiger partial charge in [0.25, 0.3) is 0 Å². The molecule has 14 heavy (non-hydrogen) atoms. The molecule has 0 heterocycles. The van der Waals surface area contributed by atoms with E-state index in [0.717, 1.165) is 12.1 Å². The fourth-order valence-corrected chi connectivity index (χ4v) is 0.977. The van der Waals surface area contributed by atoms with Crippen molar-refractivity contribution in [2.75, 3.05) is 0 Å². The van der Waals surface area contributed by atoms with E-state index < -0.39 is 11.7 Å². The Labute approximate surface area is 78.8 Å². The lowest BCUT2D eigenvalue weighted by Gasteiger charge is -2.01. The number of carboxylic acids is 1. The van der Waals surface area contributed by atoms with Crippen molar-refractivity contribution < 1.29 is 19.8 Å². The van der Waals surface area contributed by atoms with Crippen LogP contribution in [0, 0.1) is 11.3 Å². The Morgan fingerprint density at radius 1 is 1.50 bits per heavy atom. The number of hydrogen-bond donors (Lipinski definition) is 2. The Balaban J connectivity index is 3.49. The van der Waals surface area contributed by atoms with Crippen LogP contribution in [0.2, 0.25) is 0 Å². The van der Waals surface area contributed by atoms with Crippen molar-refractivity contribution in [1.82, 2.24) is 0 Å². The first-order chi connectivity index (χ1) is 6.60. The summed E-state index contributed by atoms with van der Waals surface area (Å²) in [6, 6.07) is 3.53. The van der Waals surface area contributed by atoms with E-state index in [1.54, 1.807) is 6.07 Å². The van der Waals surface area contributed by atoms with Crippen LogP contribution in [0.15, 0.2) is 12.1 Å². The number of rotatable bonds is 2. The van der Waals surface area contributed by atoms with Gasteiger partial charge in [-0.25, -0.2) is 4.79 Å². The number of carbonyl (C=O) groups is 2. The van der Waals surface area contributed by atoms with Gasteiger partial charge < -0.3 is 10.2 Å². The molecule has 0 amide bonds. The van der Waals surface area contributed by atoms with Gasteiger partial charge in [0.15, 0.2) is 6.29 Å². The highest BCUT2D eigenvalue weighted by Crippen LogP contribution is 2.20. The van der Waals surface area contributed by atoms with Crippen LogP contribution < -0.4 is 0 Å². The molecule has 0 fully saturated rings. The summed E-state index contributed by atoms with van der Waals surface area (Å²) in [7, 11) is 0. The number of aromatic carboxylic acids is 1. The number of aldehydes is 1. The molecule has 0 spiro atoms. The van der Waals surface area contributed by atoms with Crippen molar-refractivity contribution in [2.24, 2.45) is 0 Å². The van der Waals surface area contributed by atoms with Crippen molar-refractivity contribution in [3.05, 3.63) is 28.8 Å². The van der Waals surface area contributed by atoms with Crippen LogP contribution in [0.4, 0.5) is 0 Å². The van der Waals surface area contributed by atoms with Crippen molar-refractivity contribution >= 4 is 12.3 Å². The third-order valence-electron chi connectivity index (χ3n) is 1.65. The van der Waals surface area contributed by atoms with Gasteiger partial charge in [-0.3, -0.25) is 4.79 Å². The number of nitrogens with zero attached hydrogens (tertiary/aromatic N) is 1. The summed E-state index contributed by atoms with van der Waals surface area (Å²) in [5.74, 6) is -1.72. The molecule has 1 aromatic rings. The van der Waals surface area contributed by atoms with Gasteiger partial charge in [-0.1, -0.05) is 0 Å². The van der Waals surface area contributed by atoms with Crippen LogP contribution in [0.3, 0.4) is 0 Å². The summed E-state index contributed by atoms with van der Waals surface area (Å²) in [5.41, 5.74) is -0.628. The van der Waals surface area contributed by atoms with Crippen LogP contribution in [-0.4, -0.2) is 22.5 Å². The fraction of sp³-hybridized carbons (Fsp3) is 0. The molecular weight excluding hydrogens is 186 g/mol. The molecule has 0 saturated carbocycles. The van der Waals surface area contributed by atoms with Crippen LogP contribution >= 0.6 is 0 Å². The van der Waals surface area contributed by atoms with Crippen LogP contribution in [0.1, 0.15) is 26.3 Å². The van der Waals surface area contributed by atoms with Crippen LogP contribution in [0.5, 0.6) is 5.75 Å². The van der Waals surface area contributed by atoms with Crippen molar-refractivity contribution in [1.29, 1.82) is 5.26 Å². The first-order valence-electron chi connectivity index (χ1n) is 3.55. The molecule has 5 nitrogen and oxygen atoms in total. The monoisotopic (exact) mass is 191 g/mol. The minimum Gasteiger partial charge on any atom is -0.507 e. The van der Waals surface area contributed by atoms with Crippen LogP contribution in [-0.2, 0) is 0 Å². The second-order valence-electron chi connectivity index (χ2n) is 2.49. The first-order valence-corrected chi connectivity index (χ1v) is 3.55. The normalized spacial score (nSPS) is 9.07. The second-order valence-corrected chi connectivity index (χ2v) is 2.49. The van der Waals surface area contributed by atoms with Gasteiger partial charge >= 0.3 is 5.97 Å². The Hall–Kier alpha value is -2.35. The Morgan fingerprint density at radius 3 is 2.57 bits per heavy atom. The van der Waals surface area contributed by atoms with Crippen molar-refractivity contribution in [3.63, 3.8) is 0 Å². The molecule has 0 aliphatic rings. The highest BCUT2D eigenvalue weighted by molar-refractivity contribution is 5.98. The molecule has 0 unspecified atom stereocenters. The van der Waals surface area contributed by atoms with E-state index >= 15 is 0 Å². The number of nitriles is 1. The lowest BCUT2D eigenvalue weighted by atomic mass is 10.0. The van der Waals surface area contributed by atoms with Crippen LogP contribution in [0.25, 0.3) is 0 Å². The summed E-state index contributed by atoms with van der Waals surface area (Å²) in [4.78, 5) is 21.0. The standard InChI is InChI=1S/C9H5NO4/c10-3-5-1-7(9(13)14)6(4-11)2-8(5)12/h1-2,4,12H,(H,13,14). The molecule has 5 heteroatoms. The summed E-state index contributed by atoms with van der Waals surface area (Å²) in [6.07, 6.45) is 0.310. The minimum atomic E-state index is -1.32. The zero-order valence-electron chi connectivity index (χ0n) is 6.89. The smallest absolute Gasteiger partial charge is 0.336 e. The molecule has 0 aliphatic carbocycles. The number of carbonyl (C=O) groups excluding carboxylic acids is 1. The first kappa shape index (κ1) is 9.74. The number of phenolic OH excluding ortho intramolecular Hbond substituents is 1. The SMILES string of the molecule is N#Cc1cc(C(=O)O)c(C=O)cc1O. The average molecular weight is 191 g/mol. The number of hydrogen-bond acceptors (Lipinski definition) is 4. The third-order valence-corrected chi connectivity index (χ3v) is 1.65. The molecule has 0 aliphatic heterocycles. The van der Waals surface area contributed by atoms with Gasteiger partial charge in [0.05, 0.1) is 11.1 Å². The lowest BCUT2D eigenvalue weighted by Crippen LogP contribution is -2.02. The third kappa shape index (κ3) is 1.54. The largest absolute Gasteiger partial charge is 0.507 e. The maximum atomic E-state index is 10.6. The fourth-order valence-electron chi connectivity index (χ4n) is 0.977. The topological polar surface area (TPSA) is 98.4 Å². The van der Waals surface area contributed by atoms with E-state index in [0.29, 0.717) is 6.29 Å². The van der Waals surface area contributed by atoms with Gasteiger partial charge in [0.1, 0.15) is 11.8 Å². The molecule has 0 radical (unpaired) electrons. The van der Waals surface area contributed by atoms with E-state index in [1.165, 1.54) is 0 Å². The van der Waals surface area contributed by atoms with E-state index in [4.69, 9.17) is 15.5 Å². The molecule has 2 N–H and O–H groups in total. The predicted octanol–water partition coefficient (Wildman–Crippen LogP) is 0.775. The molecule has 0 atom stereocenters. The van der Waals surface area contributed by atoms with E-state index in [-0.39, 0.29) is 16.7 Å². The minimum absolute atomic E-state index is 0.158. The zero-order chi connectivity index (χ0) is 10.7. The second kappa shape index (κ2) is 3.58. The summed E-state index contributed by atoms with van der Waals surface area (Å²) in [5, 5.41) is 26.3. The Bertz CT molecular complexity index is 445. The van der Waals surface area contributed by atoms with Crippen molar-refractivity contribution in [2.45, 2.75) is 0 Å². The average Bonchev–Trinajstić information content (AvgIpc) is 2.16. The summed E-state index contributed by atoms with van der Waals surface area (Å²) < 4.78 is 0. The zero-order valence-corrected chi connectivity index (χ0v) is 6.89. The highest BCUT2D eigenvalue weighted by Gasteiger charge is 2.13. The number of phenols is 1. The number of benzene rings is 1. The van der Waals surface area contributed by atoms with Gasteiger partial charge in [-0.2, -0.15) is 5.26 Å². The van der Waals surface area contributed by atoms with E-state index in [2.05, 4.69) is 0 Å². The number of carboxylic acid groups (broad SMARTS) is 1.